The number of nitrogens with zero attached hydrogens (tertiary/aromatic N) is 2. The van der Waals surface area contributed by atoms with E-state index in [2.05, 4.69) is 53.3 Å². The van der Waals surface area contributed by atoms with E-state index >= 15 is 0 Å². The molecular weight excluding hydrogens is 474 g/mol. The van der Waals surface area contributed by atoms with Gasteiger partial charge in [-0.1, -0.05) is 60.7 Å². The van der Waals surface area contributed by atoms with Crippen LogP contribution >= 0.6 is 0 Å². The van der Waals surface area contributed by atoms with Crippen molar-refractivity contribution >= 4 is 0 Å². The molecular formula is C32H27N3O3. The van der Waals surface area contributed by atoms with Crippen LogP contribution in [0.3, 0.4) is 0 Å². The Kier molecular flexibility index (Phi) is 7.49. The van der Waals surface area contributed by atoms with Crippen molar-refractivity contribution in [2.75, 3.05) is 0 Å². The van der Waals surface area contributed by atoms with Gasteiger partial charge in [-0.05, 0) is 59.0 Å². The van der Waals surface area contributed by atoms with Crippen LogP contribution in [0, 0.1) is 18.3 Å². The Bertz CT molecular complexity index is 1590. The first-order chi connectivity index (χ1) is 18.6. The van der Waals surface area contributed by atoms with E-state index in [9.17, 15) is 10.4 Å². The number of imidazole rings is 1. The van der Waals surface area contributed by atoms with Crippen molar-refractivity contribution in [3.8, 4) is 40.1 Å². The van der Waals surface area contributed by atoms with Crippen molar-refractivity contribution in [1.29, 1.82) is 5.26 Å². The second-order valence-electron chi connectivity index (χ2n) is 8.92. The van der Waals surface area contributed by atoms with Gasteiger partial charge in [-0.25, -0.2) is 4.98 Å². The zero-order valence-electron chi connectivity index (χ0n) is 21.0. The van der Waals surface area contributed by atoms with E-state index in [1.807, 2.05) is 48.5 Å². The molecule has 0 amide bonds. The molecule has 0 aliphatic rings. The topological polar surface area (TPSA) is 91.2 Å². The van der Waals surface area contributed by atoms with Crippen molar-refractivity contribution in [3.05, 3.63) is 125 Å². The summed E-state index contributed by atoms with van der Waals surface area (Å²) in [7, 11) is 0. The van der Waals surface area contributed by atoms with Crippen LogP contribution in [0.4, 0.5) is 0 Å². The quantitative estimate of drug-likeness (QED) is 0.238. The van der Waals surface area contributed by atoms with E-state index in [0.29, 0.717) is 35.2 Å². The van der Waals surface area contributed by atoms with Gasteiger partial charge in [0.15, 0.2) is 0 Å². The number of aromatic nitrogens is 2. The van der Waals surface area contributed by atoms with Crippen LogP contribution in [0.1, 0.15) is 27.9 Å². The van der Waals surface area contributed by atoms with Crippen molar-refractivity contribution in [1.82, 2.24) is 9.97 Å². The lowest BCUT2D eigenvalue weighted by molar-refractivity contribution is 0.277. The standard InChI is InChI=1S/C32H27N3O3/c1-22-26(11-6-12-29(22)25-9-3-2-4-10-25)21-37-28-13-14-30(32-34-18-27(19-36)35-32)31(16-28)38-20-24-8-5-7-23(15-24)17-33/h2-16,18,36H,19-21H2,1H3,(H,34,35). The summed E-state index contributed by atoms with van der Waals surface area (Å²) in [6, 6.07) is 31.7. The molecule has 0 fully saturated rings. The fraction of sp³-hybridized carbons (Fsp3) is 0.125. The first-order valence-electron chi connectivity index (χ1n) is 12.3. The molecule has 0 spiro atoms. The van der Waals surface area contributed by atoms with Crippen LogP contribution in [0.15, 0.2) is 97.2 Å². The molecule has 0 aliphatic heterocycles. The van der Waals surface area contributed by atoms with E-state index in [0.717, 1.165) is 16.7 Å². The van der Waals surface area contributed by atoms with Gasteiger partial charge >= 0.3 is 0 Å². The summed E-state index contributed by atoms with van der Waals surface area (Å²) in [5.41, 5.74) is 7.45. The number of aliphatic hydroxyl groups excluding tert-OH is 1. The molecule has 2 N–H and O–H groups in total. The number of nitrogens with one attached hydrogen (secondary N) is 1. The molecule has 5 aromatic rings. The predicted molar refractivity (Wildman–Crippen MR) is 146 cm³/mol. The Morgan fingerprint density at radius 1 is 0.868 bits per heavy atom. The Hall–Kier alpha value is -4.86. The van der Waals surface area contributed by atoms with Gasteiger partial charge in [0, 0.05) is 6.07 Å². The first kappa shape index (κ1) is 24.8. The molecule has 188 valence electrons. The SMILES string of the molecule is Cc1c(COc2ccc(-c3ncc(CO)[nH]3)c(OCc3cccc(C#N)c3)c2)cccc1-c1ccccc1. The largest absolute Gasteiger partial charge is 0.489 e. The van der Waals surface area contributed by atoms with Crippen LogP contribution in [0.5, 0.6) is 11.5 Å². The highest BCUT2D eigenvalue weighted by molar-refractivity contribution is 5.68. The average molecular weight is 502 g/mol. The van der Waals surface area contributed by atoms with Gasteiger partial charge in [0.2, 0.25) is 0 Å². The van der Waals surface area contributed by atoms with E-state index in [4.69, 9.17) is 9.47 Å². The Morgan fingerprint density at radius 2 is 1.71 bits per heavy atom. The van der Waals surface area contributed by atoms with Crippen LogP contribution in [0.2, 0.25) is 0 Å². The number of aromatic amines is 1. The fourth-order valence-corrected chi connectivity index (χ4v) is 4.31. The smallest absolute Gasteiger partial charge is 0.141 e. The van der Waals surface area contributed by atoms with E-state index in [1.54, 1.807) is 18.3 Å². The Labute approximate surface area is 221 Å². The fourth-order valence-electron chi connectivity index (χ4n) is 4.31. The van der Waals surface area contributed by atoms with E-state index in [-0.39, 0.29) is 13.2 Å². The molecule has 6 nitrogen and oxygen atoms in total. The molecule has 0 atom stereocenters. The highest BCUT2D eigenvalue weighted by Crippen LogP contribution is 2.34. The van der Waals surface area contributed by atoms with Crippen LogP contribution < -0.4 is 9.47 Å². The zero-order valence-corrected chi connectivity index (χ0v) is 21.0. The van der Waals surface area contributed by atoms with Crippen molar-refractivity contribution < 1.29 is 14.6 Å². The van der Waals surface area contributed by atoms with Crippen LogP contribution in [-0.2, 0) is 19.8 Å². The lowest BCUT2D eigenvalue weighted by atomic mass is 9.97. The minimum atomic E-state index is -0.132. The number of aliphatic hydroxyl groups is 1. The molecule has 0 saturated carbocycles. The molecule has 1 heterocycles. The van der Waals surface area contributed by atoms with Crippen LogP contribution in [-0.4, -0.2) is 15.1 Å². The number of hydrogen-bond donors (Lipinski definition) is 2. The summed E-state index contributed by atoms with van der Waals surface area (Å²) in [5.74, 6) is 1.83. The third kappa shape index (κ3) is 5.59. The highest BCUT2D eigenvalue weighted by Gasteiger charge is 2.14. The van der Waals surface area contributed by atoms with Gasteiger partial charge in [0.25, 0.3) is 0 Å². The number of rotatable bonds is 9. The molecule has 0 aliphatic carbocycles. The van der Waals surface area contributed by atoms with Crippen molar-refractivity contribution in [2.45, 2.75) is 26.7 Å². The lowest BCUT2D eigenvalue weighted by Crippen LogP contribution is -2.01. The molecule has 6 heteroatoms. The van der Waals surface area contributed by atoms with Crippen molar-refractivity contribution in [2.24, 2.45) is 0 Å². The van der Waals surface area contributed by atoms with Crippen LogP contribution in [0.25, 0.3) is 22.5 Å². The predicted octanol–water partition coefficient (Wildman–Crippen LogP) is 6.57. The summed E-state index contributed by atoms with van der Waals surface area (Å²) < 4.78 is 12.4. The van der Waals surface area contributed by atoms with Gasteiger partial charge in [-0.3, -0.25) is 0 Å². The third-order valence-corrected chi connectivity index (χ3v) is 6.38. The van der Waals surface area contributed by atoms with Gasteiger partial charge in [-0.15, -0.1) is 0 Å². The molecule has 1 aromatic heterocycles. The summed E-state index contributed by atoms with van der Waals surface area (Å²) in [6.07, 6.45) is 1.60. The highest BCUT2D eigenvalue weighted by atomic mass is 16.5. The zero-order chi connectivity index (χ0) is 26.3. The molecule has 4 aromatic carbocycles. The van der Waals surface area contributed by atoms with E-state index < -0.39 is 0 Å². The van der Waals surface area contributed by atoms with Gasteiger partial charge in [-0.2, -0.15) is 5.26 Å². The number of nitriles is 1. The second kappa shape index (κ2) is 11.5. The van der Waals surface area contributed by atoms with Gasteiger partial charge < -0.3 is 19.6 Å². The maximum Gasteiger partial charge on any atom is 0.141 e. The first-order valence-corrected chi connectivity index (χ1v) is 12.3. The third-order valence-electron chi connectivity index (χ3n) is 6.38. The Morgan fingerprint density at radius 3 is 2.50 bits per heavy atom. The second-order valence-corrected chi connectivity index (χ2v) is 8.92. The van der Waals surface area contributed by atoms with Gasteiger partial charge in [0.05, 0.1) is 35.7 Å². The Balaban J connectivity index is 1.40. The molecule has 0 saturated heterocycles. The minimum absolute atomic E-state index is 0.132. The molecule has 0 radical (unpaired) electrons. The molecule has 38 heavy (non-hydrogen) atoms. The maximum atomic E-state index is 9.46. The normalized spacial score (nSPS) is 10.7. The average Bonchev–Trinajstić information content (AvgIpc) is 3.45. The summed E-state index contributed by atoms with van der Waals surface area (Å²) >= 11 is 0. The van der Waals surface area contributed by atoms with Crippen molar-refractivity contribution in [3.63, 3.8) is 0 Å². The number of hydrogen-bond acceptors (Lipinski definition) is 5. The molecule has 0 unspecified atom stereocenters. The number of H-pyrrole nitrogens is 1. The summed E-state index contributed by atoms with van der Waals surface area (Å²) in [4.78, 5) is 7.51. The van der Waals surface area contributed by atoms with E-state index in [1.165, 1.54) is 16.7 Å². The summed E-state index contributed by atoms with van der Waals surface area (Å²) in [6.45, 7) is 2.67. The van der Waals surface area contributed by atoms with Gasteiger partial charge in [0.1, 0.15) is 30.5 Å². The number of benzene rings is 4. The number of ether oxygens (including phenoxy) is 2. The molecule has 0 bridgehead atoms. The molecule has 5 rings (SSSR count). The lowest BCUT2D eigenvalue weighted by Gasteiger charge is -2.15. The summed E-state index contributed by atoms with van der Waals surface area (Å²) in [5, 5.41) is 18.7. The minimum Gasteiger partial charge on any atom is -0.489 e. The monoisotopic (exact) mass is 501 g/mol. The maximum absolute atomic E-state index is 9.46.